The van der Waals surface area contributed by atoms with Gasteiger partial charge in [-0.2, -0.15) is 0 Å². The van der Waals surface area contributed by atoms with Crippen molar-refractivity contribution in [1.82, 2.24) is 4.98 Å². The number of nitrogens with two attached hydrogens (primary N) is 1. The predicted octanol–water partition coefficient (Wildman–Crippen LogP) is 1.73. The van der Waals surface area contributed by atoms with Gasteiger partial charge in [0.1, 0.15) is 0 Å². The Kier molecular flexibility index (Phi) is 1.78. The molecule has 14 heavy (non-hydrogen) atoms. The van der Waals surface area contributed by atoms with Gasteiger partial charge in [-0.15, -0.1) is 0 Å². The minimum atomic E-state index is -0.441. The molecule has 2 rings (SSSR count). The van der Waals surface area contributed by atoms with E-state index in [2.05, 4.69) is 4.98 Å². The molecule has 0 aliphatic heterocycles. The van der Waals surface area contributed by atoms with Crippen LogP contribution in [-0.4, -0.2) is 9.91 Å². The fourth-order valence-electron chi connectivity index (χ4n) is 1.36. The lowest BCUT2D eigenvalue weighted by molar-refractivity contribution is -0.383. The third kappa shape index (κ3) is 1.15. The summed E-state index contributed by atoms with van der Waals surface area (Å²) in [6.07, 6.45) is 3.01. The van der Waals surface area contributed by atoms with Crippen LogP contribution in [0.1, 0.15) is 0 Å². The molecule has 5 heteroatoms. The van der Waals surface area contributed by atoms with Crippen LogP contribution in [-0.2, 0) is 0 Å². The average molecular weight is 189 g/mol. The van der Waals surface area contributed by atoms with Crippen molar-refractivity contribution in [2.24, 2.45) is 0 Å². The number of nitro benzene ring substituents is 1. The number of nitro groups is 1. The van der Waals surface area contributed by atoms with E-state index in [4.69, 9.17) is 5.73 Å². The van der Waals surface area contributed by atoms with E-state index in [9.17, 15) is 10.1 Å². The van der Waals surface area contributed by atoms with Gasteiger partial charge in [0.2, 0.25) is 0 Å². The Morgan fingerprint density at radius 3 is 2.79 bits per heavy atom. The van der Waals surface area contributed by atoms with Crippen LogP contribution in [0.2, 0.25) is 0 Å². The Hall–Kier alpha value is -2.17. The van der Waals surface area contributed by atoms with Crippen molar-refractivity contribution < 1.29 is 4.92 Å². The number of fused-ring (bicyclic) bond motifs is 1. The fourth-order valence-corrected chi connectivity index (χ4v) is 1.36. The lowest BCUT2D eigenvalue weighted by atomic mass is 10.1. The van der Waals surface area contributed by atoms with Crippen molar-refractivity contribution in [3.63, 3.8) is 0 Å². The van der Waals surface area contributed by atoms with Crippen LogP contribution < -0.4 is 5.73 Å². The monoisotopic (exact) mass is 189 g/mol. The number of rotatable bonds is 1. The molecule has 1 heterocycles. The molecule has 0 atom stereocenters. The quantitative estimate of drug-likeness (QED) is 0.420. The van der Waals surface area contributed by atoms with Crippen molar-refractivity contribution in [1.29, 1.82) is 0 Å². The number of aromatic nitrogens is 1. The number of hydrogen-bond acceptors (Lipinski definition) is 4. The molecule has 2 aromatic rings. The third-order valence-corrected chi connectivity index (χ3v) is 2.03. The van der Waals surface area contributed by atoms with Gasteiger partial charge < -0.3 is 5.73 Å². The Balaban J connectivity index is 2.88. The summed E-state index contributed by atoms with van der Waals surface area (Å²) in [7, 11) is 0. The van der Waals surface area contributed by atoms with Crippen LogP contribution >= 0.6 is 0 Å². The summed E-state index contributed by atoms with van der Waals surface area (Å²) < 4.78 is 0. The first-order chi connectivity index (χ1) is 6.70. The molecule has 0 aliphatic rings. The van der Waals surface area contributed by atoms with Crippen molar-refractivity contribution in [2.75, 3.05) is 5.73 Å². The SMILES string of the molecule is Nc1ccc([N+](=O)[O-])c2cnccc12. The molecule has 0 saturated heterocycles. The lowest BCUT2D eigenvalue weighted by Crippen LogP contribution is -1.93. The normalized spacial score (nSPS) is 10.3. The van der Waals surface area contributed by atoms with Crippen LogP contribution in [0, 0.1) is 10.1 Å². The first kappa shape index (κ1) is 8.43. The fraction of sp³-hybridized carbons (Fsp3) is 0. The van der Waals surface area contributed by atoms with E-state index in [0.717, 1.165) is 0 Å². The number of anilines is 1. The number of nitrogens with zero attached hydrogens (tertiary/aromatic N) is 2. The van der Waals surface area contributed by atoms with Crippen molar-refractivity contribution in [3.8, 4) is 0 Å². The minimum absolute atomic E-state index is 0.0299. The molecule has 0 amide bonds. The highest BCUT2D eigenvalue weighted by Gasteiger charge is 2.12. The van der Waals surface area contributed by atoms with E-state index < -0.39 is 4.92 Å². The Morgan fingerprint density at radius 1 is 1.29 bits per heavy atom. The molecule has 1 aromatic carbocycles. The predicted molar refractivity (Wildman–Crippen MR) is 52.8 cm³/mol. The highest BCUT2D eigenvalue weighted by Crippen LogP contribution is 2.28. The summed E-state index contributed by atoms with van der Waals surface area (Å²) >= 11 is 0. The maximum Gasteiger partial charge on any atom is 0.278 e. The second kappa shape index (κ2) is 2.95. The van der Waals surface area contributed by atoms with Crippen molar-refractivity contribution in [3.05, 3.63) is 40.7 Å². The molecule has 0 unspecified atom stereocenters. The van der Waals surface area contributed by atoms with E-state index in [1.165, 1.54) is 18.3 Å². The summed E-state index contributed by atoms with van der Waals surface area (Å²) in [5.41, 5.74) is 6.23. The van der Waals surface area contributed by atoms with Crippen LogP contribution in [0.5, 0.6) is 0 Å². The second-order valence-corrected chi connectivity index (χ2v) is 2.85. The molecule has 70 valence electrons. The lowest BCUT2D eigenvalue weighted by Gasteiger charge is -2.01. The van der Waals surface area contributed by atoms with Gasteiger partial charge in [0.05, 0.1) is 10.3 Å². The minimum Gasteiger partial charge on any atom is -0.398 e. The first-order valence-corrected chi connectivity index (χ1v) is 3.97. The summed E-state index contributed by atoms with van der Waals surface area (Å²) in [6.45, 7) is 0. The third-order valence-electron chi connectivity index (χ3n) is 2.03. The molecular formula is C9H7N3O2. The smallest absolute Gasteiger partial charge is 0.278 e. The summed E-state index contributed by atoms with van der Waals surface area (Å²) in [6, 6.07) is 4.58. The number of nitrogen functional groups attached to an aromatic ring is 1. The number of benzene rings is 1. The Morgan fingerprint density at radius 2 is 2.07 bits per heavy atom. The van der Waals surface area contributed by atoms with E-state index in [1.807, 2.05) is 0 Å². The van der Waals surface area contributed by atoms with Crippen LogP contribution in [0.15, 0.2) is 30.6 Å². The van der Waals surface area contributed by atoms with Gasteiger partial charge in [0, 0.05) is 29.5 Å². The first-order valence-electron chi connectivity index (χ1n) is 3.97. The molecule has 0 spiro atoms. The zero-order chi connectivity index (χ0) is 10.1. The number of pyridine rings is 1. The molecule has 0 fully saturated rings. The van der Waals surface area contributed by atoms with Gasteiger partial charge in [-0.05, 0) is 12.1 Å². The Bertz CT molecular complexity index is 510. The molecule has 1 aromatic heterocycles. The molecule has 2 N–H and O–H groups in total. The largest absolute Gasteiger partial charge is 0.398 e. The maximum atomic E-state index is 10.7. The van der Waals surface area contributed by atoms with Crippen molar-refractivity contribution >= 4 is 22.1 Å². The van der Waals surface area contributed by atoms with Crippen LogP contribution in [0.25, 0.3) is 10.8 Å². The summed E-state index contributed by atoms with van der Waals surface area (Å²) in [5, 5.41) is 11.8. The van der Waals surface area contributed by atoms with Gasteiger partial charge in [-0.3, -0.25) is 15.1 Å². The zero-order valence-corrected chi connectivity index (χ0v) is 7.18. The van der Waals surface area contributed by atoms with Gasteiger partial charge in [0.25, 0.3) is 5.69 Å². The van der Waals surface area contributed by atoms with E-state index in [1.54, 1.807) is 12.3 Å². The summed E-state index contributed by atoms with van der Waals surface area (Å²) in [4.78, 5) is 14.1. The van der Waals surface area contributed by atoms with E-state index in [-0.39, 0.29) is 5.69 Å². The zero-order valence-electron chi connectivity index (χ0n) is 7.18. The average Bonchev–Trinajstić information content (AvgIpc) is 2.18. The van der Waals surface area contributed by atoms with Gasteiger partial charge >= 0.3 is 0 Å². The molecule has 0 aliphatic carbocycles. The van der Waals surface area contributed by atoms with Crippen molar-refractivity contribution in [2.45, 2.75) is 0 Å². The maximum absolute atomic E-state index is 10.7. The molecular weight excluding hydrogens is 182 g/mol. The molecule has 0 bridgehead atoms. The summed E-state index contributed by atoms with van der Waals surface area (Å²) in [5.74, 6) is 0. The highest BCUT2D eigenvalue weighted by molar-refractivity contribution is 5.98. The Labute approximate surface area is 79.3 Å². The van der Waals surface area contributed by atoms with E-state index >= 15 is 0 Å². The van der Waals surface area contributed by atoms with Crippen LogP contribution in [0.3, 0.4) is 0 Å². The standard InChI is InChI=1S/C9H7N3O2/c10-8-1-2-9(12(13)14)7-5-11-4-3-6(7)8/h1-5H,10H2. The topological polar surface area (TPSA) is 82.0 Å². The number of hydrogen-bond donors (Lipinski definition) is 1. The van der Waals surface area contributed by atoms with E-state index in [0.29, 0.717) is 16.5 Å². The second-order valence-electron chi connectivity index (χ2n) is 2.85. The highest BCUT2D eigenvalue weighted by atomic mass is 16.6. The molecule has 0 saturated carbocycles. The molecule has 5 nitrogen and oxygen atoms in total. The number of non-ortho nitro benzene ring substituents is 1. The van der Waals surface area contributed by atoms with Gasteiger partial charge in [0.15, 0.2) is 0 Å². The van der Waals surface area contributed by atoms with Crippen LogP contribution in [0.4, 0.5) is 11.4 Å². The van der Waals surface area contributed by atoms with Gasteiger partial charge in [-0.1, -0.05) is 0 Å². The molecule has 0 radical (unpaired) electrons. The van der Waals surface area contributed by atoms with Gasteiger partial charge in [-0.25, -0.2) is 0 Å².